The second kappa shape index (κ2) is 4.08. The van der Waals surface area contributed by atoms with Crippen LogP contribution >= 0.6 is 0 Å². The van der Waals surface area contributed by atoms with Gasteiger partial charge in [-0.3, -0.25) is 0 Å². The predicted molar refractivity (Wildman–Crippen MR) is 53.5 cm³/mol. The molecular weight excluding hydrogens is 150 g/mol. The van der Waals surface area contributed by atoms with Crippen molar-refractivity contribution in [2.45, 2.75) is 5.54 Å². The van der Waals surface area contributed by atoms with E-state index in [4.69, 9.17) is 0 Å². The maximum atomic E-state index is 4.02. The van der Waals surface area contributed by atoms with E-state index in [2.05, 4.69) is 29.3 Å². The molecule has 1 aromatic carbocycles. The van der Waals surface area contributed by atoms with Gasteiger partial charge in [0.1, 0.15) is 0 Å². The summed E-state index contributed by atoms with van der Waals surface area (Å²) in [5.41, 5.74) is 1.95. The molecule has 0 fully saturated rings. The maximum Gasteiger partial charge on any atom is 0.0273 e. The number of hydrogen-bond acceptors (Lipinski definition) is 1. The molecule has 0 amide bonds. The summed E-state index contributed by atoms with van der Waals surface area (Å²) in [5, 5.41) is 0. The molecule has 0 N–H and O–H groups in total. The quantitative estimate of drug-likeness (QED) is 0.451. The lowest BCUT2D eigenvalue weighted by atomic mass is 10.2. The Morgan fingerprint density at radius 2 is 2.00 bits per heavy atom. The van der Waals surface area contributed by atoms with E-state index >= 15 is 0 Å². The molecule has 0 aliphatic heterocycles. The topological polar surface area (TPSA) is 12.4 Å². The van der Waals surface area contributed by atoms with Crippen molar-refractivity contribution in [1.82, 2.24) is 0 Å². The molecule has 0 heterocycles. The molecule has 0 aliphatic carbocycles. The molecule has 0 saturated heterocycles. The maximum absolute atomic E-state index is 4.02. The predicted octanol–water partition coefficient (Wildman–Crippen LogP) is 0.794. The Labute approximate surface area is 70.6 Å². The normalized spacial score (nSPS) is 13.9. The van der Waals surface area contributed by atoms with Gasteiger partial charge in [-0.1, -0.05) is 30.3 Å². The Morgan fingerprint density at radius 1 is 1.36 bits per heavy atom. The summed E-state index contributed by atoms with van der Waals surface area (Å²) in [6.45, 7) is 0. The third kappa shape index (κ3) is 2.31. The van der Waals surface area contributed by atoms with Gasteiger partial charge in [-0.15, -0.1) is 0 Å². The molecule has 58 valence electrons. The monoisotopic (exact) mass is 163 g/mol. The Kier molecular flexibility index (Phi) is 3.05. The van der Waals surface area contributed by atoms with E-state index in [1.165, 1.54) is 5.56 Å². The minimum absolute atomic E-state index is 0.571. The third-order valence-electron chi connectivity index (χ3n) is 1.70. The summed E-state index contributed by atoms with van der Waals surface area (Å²) in [6, 6.07) is 10.5. The summed E-state index contributed by atoms with van der Waals surface area (Å²) in [6.07, 6.45) is 2.02. The van der Waals surface area contributed by atoms with Gasteiger partial charge in [0.05, 0.1) is 0 Å². The van der Waals surface area contributed by atoms with Crippen LogP contribution in [0.5, 0.6) is 0 Å². The van der Waals surface area contributed by atoms with Crippen LogP contribution in [0.15, 0.2) is 35.3 Å². The zero-order chi connectivity index (χ0) is 8.10. The molecule has 1 atom stereocenters. The molecule has 1 nitrogen and oxygen atoms in total. The van der Waals surface area contributed by atoms with E-state index < -0.39 is 0 Å². The van der Waals surface area contributed by atoms with Gasteiger partial charge >= 0.3 is 0 Å². The summed E-state index contributed by atoms with van der Waals surface area (Å²) < 4.78 is 0. The van der Waals surface area contributed by atoms with E-state index in [1.54, 1.807) is 0 Å². The Morgan fingerprint density at radius 3 is 2.55 bits per heavy atom. The lowest BCUT2D eigenvalue weighted by molar-refractivity contribution is 1.28. The fraction of sp³-hybridized carbons (Fsp3) is 0.222. The smallest absolute Gasteiger partial charge is 0.0273 e. The summed E-state index contributed by atoms with van der Waals surface area (Å²) >= 11 is 0. The number of rotatable bonds is 2. The first-order valence-electron chi connectivity index (χ1n) is 3.82. The van der Waals surface area contributed by atoms with Gasteiger partial charge in [0.25, 0.3) is 0 Å². The molecule has 11 heavy (non-hydrogen) atoms. The van der Waals surface area contributed by atoms with Crippen LogP contribution < -0.4 is 0 Å². The third-order valence-corrected chi connectivity index (χ3v) is 2.66. The van der Waals surface area contributed by atoms with Crippen LogP contribution in [0.4, 0.5) is 0 Å². The summed E-state index contributed by atoms with van der Waals surface area (Å²) in [4.78, 5) is 4.02. The number of nitrogens with zero attached hydrogens (tertiary/aromatic N) is 1. The Bertz CT molecular complexity index is 231. The van der Waals surface area contributed by atoms with Crippen LogP contribution in [0.3, 0.4) is 0 Å². The van der Waals surface area contributed by atoms with Crippen LogP contribution in [-0.4, -0.2) is 23.5 Å². The summed E-state index contributed by atoms with van der Waals surface area (Å²) in [7, 11) is 2.96. The molecule has 0 aromatic heterocycles. The molecule has 1 rings (SSSR count). The average molecular weight is 163 g/mol. The number of hydrogen-bond donors (Lipinski definition) is 0. The molecule has 0 radical (unpaired) electrons. The van der Waals surface area contributed by atoms with E-state index in [1.807, 2.05) is 19.3 Å². The van der Waals surface area contributed by atoms with Crippen LogP contribution in [0.25, 0.3) is 0 Å². The Balaban J connectivity index is 2.76. The van der Waals surface area contributed by atoms with Gasteiger partial charge in [-0.2, -0.15) is 0 Å². The highest BCUT2D eigenvalue weighted by Gasteiger charge is 1.98. The van der Waals surface area contributed by atoms with Gasteiger partial charge < -0.3 is 4.99 Å². The standard InChI is InChI=1S/C9H13NSi/c1-10-7-9(11)8-5-3-2-4-6-8/h2-7,9H,1,11H3. The molecule has 0 aliphatic rings. The van der Waals surface area contributed by atoms with Crippen molar-refractivity contribution < 1.29 is 0 Å². The molecule has 0 spiro atoms. The zero-order valence-corrected chi connectivity index (χ0v) is 8.99. The molecule has 0 saturated carbocycles. The van der Waals surface area contributed by atoms with Gasteiger partial charge in [0, 0.05) is 29.0 Å². The molecule has 1 unspecified atom stereocenters. The zero-order valence-electron chi connectivity index (χ0n) is 6.99. The Hall–Kier alpha value is -0.893. The van der Waals surface area contributed by atoms with Crippen molar-refractivity contribution in [3.63, 3.8) is 0 Å². The fourth-order valence-corrected chi connectivity index (χ4v) is 1.75. The van der Waals surface area contributed by atoms with E-state index in [9.17, 15) is 0 Å². The molecule has 0 bridgehead atoms. The first-order valence-corrected chi connectivity index (χ1v) is 4.97. The first-order chi connectivity index (χ1) is 5.34. The average Bonchev–Trinajstić information content (AvgIpc) is 2.07. The largest absolute Gasteiger partial charge is 0.301 e. The van der Waals surface area contributed by atoms with Crippen molar-refractivity contribution in [3.05, 3.63) is 35.9 Å². The van der Waals surface area contributed by atoms with Gasteiger partial charge in [0.15, 0.2) is 0 Å². The lowest BCUT2D eigenvalue weighted by Gasteiger charge is -2.03. The highest BCUT2D eigenvalue weighted by atomic mass is 28.1. The second-order valence-electron chi connectivity index (χ2n) is 2.61. The van der Waals surface area contributed by atoms with E-state index in [-0.39, 0.29) is 0 Å². The van der Waals surface area contributed by atoms with Crippen LogP contribution in [0.1, 0.15) is 11.1 Å². The van der Waals surface area contributed by atoms with Crippen LogP contribution in [0.2, 0.25) is 0 Å². The first kappa shape index (κ1) is 8.21. The van der Waals surface area contributed by atoms with Crippen LogP contribution in [0, 0.1) is 0 Å². The lowest BCUT2D eigenvalue weighted by Crippen LogP contribution is -1.98. The second-order valence-corrected chi connectivity index (χ2v) is 3.85. The number of benzene rings is 1. The van der Waals surface area contributed by atoms with Crippen molar-refractivity contribution in [1.29, 1.82) is 0 Å². The minimum Gasteiger partial charge on any atom is -0.301 e. The van der Waals surface area contributed by atoms with Crippen molar-refractivity contribution in [2.75, 3.05) is 7.05 Å². The molecular formula is C9H13NSi. The van der Waals surface area contributed by atoms with Crippen molar-refractivity contribution >= 4 is 16.5 Å². The van der Waals surface area contributed by atoms with Gasteiger partial charge in [-0.25, -0.2) is 0 Å². The molecule has 1 aromatic rings. The van der Waals surface area contributed by atoms with Gasteiger partial charge in [-0.05, 0) is 5.56 Å². The highest BCUT2D eigenvalue weighted by molar-refractivity contribution is 6.21. The molecule has 2 heteroatoms. The van der Waals surface area contributed by atoms with E-state index in [0.29, 0.717) is 5.54 Å². The highest BCUT2D eigenvalue weighted by Crippen LogP contribution is 2.08. The fourth-order valence-electron chi connectivity index (χ4n) is 1.07. The summed E-state index contributed by atoms with van der Waals surface area (Å²) in [5.74, 6) is 0. The van der Waals surface area contributed by atoms with Crippen molar-refractivity contribution in [2.24, 2.45) is 4.99 Å². The SMILES string of the molecule is CN=CC([SiH3])c1ccccc1. The minimum atomic E-state index is 0.571. The number of aliphatic imine (C=N–C) groups is 1. The van der Waals surface area contributed by atoms with Crippen LogP contribution in [-0.2, 0) is 0 Å². The van der Waals surface area contributed by atoms with Crippen molar-refractivity contribution in [3.8, 4) is 0 Å². The van der Waals surface area contributed by atoms with E-state index in [0.717, 1.165) is 10.2 Å². The van der Waals surface area contributed by atoms with Gasteiger partial charge in [0.2, 0.25) is 0 Å².